The van der Waals surface area contributed by atoms with Crippen LogP contribution in [0.4, 0.5) is 5.13 Å². The maximum absolute atomic E-state index is 12.4. The van der Waals surface area contributed by atoms with E-state index in [1.54, 1.807) is 7.05 Å². The molecule has 1 aliphatic rings. The number of carbonyl (C=O) groups is 2. The van der Waals surface area contributed by atoms with Gasteiger partial charge in [-0.05, 0) is 18.6 Å². The number of nitrogens with zero attached hydrogens (tertiary/aromatic N) is 4. The van der Waals surface area contributed by atoms with Gasteiger partial charge in [0.2, 0.25) is 11.0 Å². The summed E-state index contributed by atoms with van der Waals surface area (Å²) in [5.74, 6) is 1.02. The summed E-state index contributed by atoms with van der Waals surface area (Å²) in [5.41, 5.74) is 1.02. The van der Waals surface area contributed by atoms with E-state index in [1.807, 2.05) is 36.1 Å². The number of anilines is 1. The summed E-state index contributed by atoms with van der Waals surface area (Å²) in [6.07, 6.45) is 0. The minimum absolute atomic E-state index is 0.0120. The van der Waals surface area contributed by atoms with E-state index in [2.05, 4.69) is 20.4 Å². The van der Waals surface area contributed by atoms with Crippen molar-refractivity contribution < 1.29 is 14.3 Å². The van der Waals surface area contributed by atoms with Crippen LogP contribution in [-0.2, 0) is 9.59 Å². The van der Waals surface area contributed by atoms with E-state index in [1.165, 1.54) is 23.1 Å². The average Bonchev–Trinajstić information content (AvgIpc) is 3.20. The summed E-state index contributed by atoms with van der Waals surface area (Å²) in [6.45, 7) is 4.65. The first-order chi connectivity index (χ1) is 13.6. The van der Waals surface area contributed by atoms with Crippen molar-refractivity contribution in [2.75, 3.05) is 50.5 Å². The highest BCUT2D eigenvalue weighted by molar-refractivity contribution is 8.01. The first kappa shape index (κ1) is 20.4. The van der Waals surface area contributed by atoms with Gasteiger partial charge in [-0.2, -0.15) is 0 Å². The number of para-hydroxylation sites is 1. The molecule has 0 unspecified atom stereocenters. The second-order valence-corrected chi connectivity index (χ2v) is 8.41. The van der Waals surface area contributed by atoms with Crippen LogP contribution in [0.3, 0.4) is 0 Å². The Morgan fingerprint density at radius 3 is 2.68 bits per heavy atom. The second-order valence-electron chi connectivity index (χ2n) is 6.23. The van der Waals surface area contributed by atoms with Crippen molar-refractivity contribution in [1.82, 2.24) is 20.4 Å². The SMILES string of the molecule is CNC(=O)CSc1nnc(N2CCN(C(=O)COc3ccccc3C)CC2)s1. The van der Waals surface area contributed by atoms with Gasteiger partial charge >= 0.3 is 0 Å². The zero-order chi connectivity index (χ0) is 19.9. The van der Waals surface area contributed by atoms with Crippen LogP contribution in [0, 0.1) is 6.92 Å². The molecule has 1 aliphatic heterocycles. The maximum atomic E-state index is 12.4. The van der Waals surface area contributed by atoms with Gasteiger partial charge in [0.15, 0.2) is 10.9 Å². The topological polar surface area (TPSA) is 87.7 Å². The Morgan fingerprint density at radius 1 is 1.21 bits per heavy atom. The van der Waals surface area contributed by atoms with Crippen molar-refractivity contribution in [2.45, 2.75) is 11.3 Å². The smallest absolute Gasteiger partial charge is 0.260 e. The van der Waals surface area contributed by atoms with Crippen molar-refractivity contribution in [3.05, 3.63) is 29.8 Å². The Kier molecular flexibility index (Phi) is 7.10. The summed E-state index contributed by atoms with van der Waals surface area (Å²) in [7, 11) is 1.61. The monoisotopic (exact) mass is 421 g/mol. The van der Waals surface area contributed by atoms with Gasteiger partial charge in [-0.3, -0.25) is 9.59 Å². The number of nitrogens with one attached hydrogen (secondary N) is 1. The van der Waals surface area contributed by atoms with E-state index in [-0.39, 0.29) is 18.4 Å². The molecule has 1 aromatic carbocycles. The lowest BCUT2D eigenvalue weighted by Gasteiger charge is -2.34. The summed E-state index contributed by atoms with van der Waals surface area (Å²) in [6, 6.07) is 7.67. The minimum Gasteiger partial charge on any atom is -0.484 e. The molecule has 0 spiro atoms. The molecule has 2 heterocycles. The fourth-order valence-corrected chi connectivity index (χ4v) is 4.45. The number of hydrogen-bond donors (Lipinski definition) is 1. The van der Waals surface area contributed by atoms with Gasteiger partial charge in [0, 0.05) is 33.2 Å². The highest BCUT2D eigenvalue weighted by Crippen LogP contribution is 2.28. The number of ether oxygens (including phenoxy) is 1. The summed E-state index contributed by atoms with van der Waals surface area (Å²) in [5, 5.41) is 11.8. The van der Waals surface area contributed by atoms with Gasteiger partial charge in [0.25, 0.3) is 5.91 Å². The molecule has 0 bridgehead atoms. The molecule has 0 radical (unpaired) electrons. The normalized spacial score (nSPS) is 14.1. The van der Waals surface area contributed by atoms with Crippen molar-refractivity contribution in [3.63, 3.8) is 0 Å². The van der Waals surface area contributed by atoms with Crippen molar-refractivity contribution in [1.29, 1.82) is 0 Å². The number of amides is 2. The quantitative estimate of drug-likeness (QED) is 0.677. The molecule has 150 valence electrons. The molecule has 10 heteroatoms. The first-order valence-electron chi connectivity index (χ1n) is 8.95. The van der Waals surface area contributed by atoms with Gasteiger partial charge in [0.1, 0.15) is 5.75 Å². The van der Waals surface area contributed by atoms with Crippen LogP contribution in [0.25, 0.3) is 0 Å². The summed E-state index contributed by atoms with van der Waals surface area (Å²) >= 11 is 2.84. The fraction of sp³-hybridized carbons (Fsp3) is 0.444. The molecule has 1 N–H and O–H groups in total. The molecule has 1 fully saturated rings. The number of thioether (sulfide) groups is 1. The Bertz CT molecular complexity index is 821. The third-order valence-corrected chi connectivity index (χ3v) is 6.47. The number of rotatable bonds is 7. The van der Waals surface area contributed by atoms with E-state index < -0.39 is 0 Å². The van der Waals surface area contributed by atoms with Crippen LogP contribution in [0.1, 0.15) is 5.56 Å². The molecule has 1 aromatic heterocycles. The van der Waals surface area contributed by atoms with Crippen LogP contribution < -0.4 is 15.0 Å². The average molecular weight is 422 g/mol. The third-order valence-electron chi connectivity index (χ3n) is 4.35. The Balaban J connectivity index is 1.45. The van der Waals surface area contributed by atoms with Gasteiger partial charge in [-0.1, -0.05) is 41.3 Å². The predicted molar refractivity (Wildman–Crippen MR) is 110 cm³/mol. The molecule has 2 aromatic rings. The predicted octanol–water partition coefficient (Wildman–Crippen LogP) is 1.41. The molecular formula is C18H23N5O3S2. The van der Waals surface area contributed by atoms with E-state index in [9.17, 15) is 9.59 Å². The Labute approximate surface area is 172 Å². The van der Waals surface area contributed by atoms with E-state index >= 15 is 0 Å². The number of aryl methyl sites for hydroxylation is 1. The number of carbonyl (C=O) groups excluding carboxylic acids is 2. The zero-order valence-electron chi connectivity index (χ0n) is 15.9. The van der Waals surface area contributed by atoms with Crippen LogP contribution in [0.2, 0.25) is 0 Å². The number of hydrogen-bond acceptors (Lipinski definition) is 8. The number of piperazine rings is 1. The first-order valence-corrected chi connectivity index (χ1v) is 10.7. The van der Waals surface area contributed by atoms with Crippen molar-refractivity contribution >= 4 is 40.0 Å². The lowest BCUT2D eigenvalue weighted by atomic mass is 10.2. The van der Waals surface area contributed by atoms with Crippen LogP contribution >= 0.6 is 23.1 Å². The van der Waals surface area contributed by atoms with Gasteiger partial charge in [-0.25, -0.2) is 0 Å². The number of aromatic nitrogens is 2. The molecule has 8 nitrogen and oxygen atoms in total. The Hall–Kier alpha value is -2.33. The van der Waals surface area contributed by atoms with Gasteiger partial charge < -0.3 is 19.9 Å². The molecule has 3 rings (SSSR count). The highest BCUT2D eigenvalue weighted by atomic mass is 32.2. The molecular weight excluding hydrogens is 398 g/mol. The van der Waals surface area contributed by atoms with Crippen molar-refractivity contribution in [2.24, 2.45) is 0 Å². The zero-order valence-corrected chi connectivity index (χ0v) is 17.5. The van der Waals surface area contributed by atoms with Crippen LogP contribution in [-0.4, -0.2) is 72.5 Å². The number of benzene rings is 1. The Morgan fingerprint density at radius 2 is 1.96 bits per heavy atom. The third kappa shape index (κ3) is 5.35. The lowest BCUT2D eigenvalue weighted by molar-refractivity contribution is -0.133. The molecule has 0 saturated carbocycles. The standard InChI is InChI=1S/C18H23N5O3S2/c1-13-5-3-4-6-14(13)26-11-16(25)22-7-9-23(10-8-22)17-20-21-18(28-17)27-12-15(24)19-2/h3-6H,7-12H2,1-2H3,(H,19,24). The molecule has 2 amide bonds. The van der Waals surface area contributed by atoms with Gasteiger partial charge in [0.05, 0.1) is 5.75 Å². The highest BCUT2D eigenvalue weighted by Gasteiger charge is 2.24. The fourth-order valence-electron chi connectivity index (χ4n) is 2.68. The summed E-state index contributed by atoms with van der Waals surface area (Å²) < 4.78 is 6.43. The molecule has 0 atom stereocenters. The second kappa shape index (κ2) is 9.74. The van der Waals surface area contributed by atoms with E-state index in [4.69, 9.17) is 4.74 Å². The molecule has 1 saturated heterocycles. The van der Waals surface area contributed by atoms with Crippen molar-refractivity contribution in [3.8, 4) is 5.75 Å². The summed E-state index contributed by atoms with van der Waals surface area (Å²) in [4.78, 5) is 27.7. The minimum atomic E-state index is -0.0400. The lowest BCUT2D eigenvalue weighted by Crippen LogP contribution is -2.50. The van der Waals surface area contributed by atoms with E-state index in [0.717, 1.165) is 20.8 Å². The van der Waals surface area contributed by atoms with Crippen LogP contribution in [0.5, 0.6) is 5.75 Å². The largest absolute Gasteiger partial charge is 0.484 e. The molecule has 28 heavy (non-hydrogen) atoms. The maximum Gasteiger partial charge on any atom is 0.260 e. The van der Waals surface area contributed by atoms with E-state index in [0.29, 0.717) is 31.9 Å². The van der Waals surface area contributed by atoms with Gasteiger partial charge in [-0.15, -0.1) is 10.2 Å². The van der Waals surface area contributed by atoms with Crippen LogP contribution in [0.15, 0.2) is 28.6 Å². The molecule has 0 aliphatic carbocycles.